The summed E-state index contributed by atoms with van der Waals surface area (Å²) in [5, 5.41) is 2.05. The van der Waals surface area contributed by atoms with Crippen molar-refractivity contribution in [2.75, 3.05) is 12.8 Å². The van der Waals surface area contributed by atoms with Crippen molar-refractivity contribution in [3.63, 3.8) is 0 Å². The van der Waals surface area contributed by atoms with Gasteiger partial charge in [-0.1, -0.05) is 12.1 Å². The second-order valence-electron chi connectivity index (χ2n) is 4.43. The molecule has 5 heteroatoms. The van der Waals surface area contributed by atoms with E-state index in [0.717, 1.165) is 14.9 Å². The van der Waals surface area contributed by atoms with Crippen LogP contribution in [0.5, 0.6) is 0 Å². The van der Waals surface area contributed by atoms with E-state index in [2.05, 4.69) is 15.9 Å². The van der Waals surface area contributed by atoms with Crippen LogP contribution in [0.3, 0.4) is 0 Å². The normalized spacial score (nSPS) is 10.4. The summed E-state index contributed by atoms with van der Waals surface area (Å²) < 4.78 is 1.08. The number of halogens is 1. The van der Waals surface area contributed by atoms with Crippen LogP contribution >= 0.6 is 27.3 Å². The van der Waals surface area contributed by atoms with Crippen molar-refractivity contribution in [2.45, 2.75) is 13.0 Å². The topological polar surface area (TPSA) is 46.3 Å². The minimum atomic E-state index is 0.0907. The van der Waals surface area contributed by atoms with Gasteiger partial charge in [-0.05, 0) is 50.6 Å². The first-order valence-corrected chi connectivity index (χ1v) is 7.53. The van der Waals surface area contributed by atoms with Gasteiger partial charge in [0.1, 0.15) is 0 Å². The van der Waals surface area contributed by atoms with Crippen LogP contribution in [-0.4, -0.2) is 17.9 Å². The zero-order valence-electron chi connectivity index (χ0n) is 10.6. The molecule has 0 saturated heterocycles. The van der Waals surface area contributed by atoms with Crippen LogP contribution in [0.1, 0.15) is 11.1 Å². The maximum absolute atomic E-state index is 12.1. The van der Waals surface area contributed by atoms with E-state index in [0.29, 0.717) is 18.7 Å². The van der Waals surface area contributed by atoms with E-state index in [1.807, 2.05) is 42.8 Å². The standard InChI is InChI=1S/C14H15BrN2OS/c1-17(8-11-6-13(15)19-9-11)14(18)7-10-3-2-4-12(16)5-10/h2-6,9H,7-8,16H2,1H3. The minimum absolute atomic E-state index is 0.0907. The lowest BCUT2D eigenvalue weighted by Gasteiger charge is -2.16. The van der Waals surface area contributed by atoms with Gasteiger partial charge in [-0.3, -0.25) is 4.79 Å². The molecule has 1 heterocycles. The molecule has 0 aliphatic carbocycles. The zero-order valence-corrected chi connectivity index (χ0v) is 13.0. The molecular formula is C14H15BrN2OS. The molecule has 0 aliphatic heterocycles. The van der Waals surface area contributed by atoms with Gasteiger partial charge in [0.05, 0.1) is 10.2 Å². The Morgan fingerprint density at radius 1 is 1.37 bits per heavy atom. The monoisotopic (exact) mass is 338 g/mol. The van der Waals surface area contributed by atoms with Crippen LogP contribution < -0.4 is 5.73 Å². The maximum atomic E-state index is 12.1. The number of carbonyl (C=O) groups excluding carboxylic acids is 1. The van der Waals surface area contributed by atoms with Crippen molar-refractivity contribution in [1.29, 1.82) is 0 Å². The van der Waals surface area contributed by atoms with Gasteiger partial charge in [0.25, 0.3) is 0 Å². The Kier molecular flexibility index (Phi) is 4.61. The molecule has 0 radical (unpaired) electrons. The quantitative estimate of drug-likeness (QED) is 0.869. The molecule has 2 aromatic rings. The fourth-order valence-corrected chi connectivity index (χ4v) is 3.00. The highest BCUT2D eigenvalue weighted by molar-refractivity contribution is 9.11. The van der Waals surface area contributed by atoms with Gasteiger partial charge in [0.15, 0.2) is 0 Å². The van der Waals surface area contributed by atoms with Gasteiger partial charge in [-0.15, -0.1) is 11.3 Å². The number of nitrogen functional groups attached to an aromatic ring is 1. The van der Waals surface area contributed by atoms with E-state index in [4.69, 9.17) is 5.73 Å². The smallest absolute Gasteiger partial charge is 0.227 e. The molecule has 0 fully saturated rings. The first kappa shape index (κ1) is 14.1. The molecule has 0 spiro atoms. The highest BCUT2D eigenvalue weighted by Crippen LogP contribution is 2.21. The summed E-state index contributed by atoms with van der Waals surface area (Å²) in [6.07, 6.45) is 0.382. The average Bonchev–Trinajstić information content (AvgIpc) is 2.74. The summed E-state index contributed by atoms with van der Waals surface area (Å²) in [6, 6.07) is 9.49. The van der Waals surface area contributed by atoms with Crippen molar-refractivity contribution >= 4 is 38.9 Å². The zero-order chi connectivity index (χ0) is 13.8. The Balaban J connectivity index is 1.96. The number of anilines is 1. The Bertz CT molecular complexity index is 582. The van der Waals surface area contributed by atoms with E-state index in [-0.39, 0.29) is 5.91 Å². The van der Waals surface area contributed by atoms with E-state index in [1.54, 1.807) is 16.2 Å². The Hall–Kier alpha value is -1.33. The van der Waals surface area contributed by atoms with Crippen LogP contribution in [-0.2, 0) is 17.8 Å². The van der Waals surface area contributed by atoms with Gasteiger partial charge in [-0.2, -0.15) is 0 Å². The van der Waals surface area contributed by atoms with Crippen molar-refractivity contribution in [2.24, 2.45) is 0 Å². The van der Waals surface area contributed by atoms with Gasteiger partial charge >= 0.3 is 0 Å². The van der Waals surface area contributed by atoms with Crippen molar-refractivity contribution < 1.29 is 4.79 Å². The number of rotatable bonds is 4. The van der Waals surface area contributed by atoms with Gasteiger partial charge < -0.3 is 10.6 Å². The van der Waals surface area contributed by atoms with E-state index >= 15 is 0 Å². The molecular weight excluding hydrogens is 324 g/mol. The summed E-state index contributed by atoms with van der Waals surface area (Å²) in [5.41, 5.74) is 8.48. The Morgan fingerprint density at radius 3 is 2.79 bits per heavy atom. The van der Waals surface area contributed by atoms with Gasteiger partial charge in [0, 0.05) is 19.3 Å². The summed E-state index contributed by atoms with van der Waals surface area (Å²) in [5.74, 6) is 0.0907. The predicted octanol–water partition coefficient (Wildman–Crippen LogP) is 3.29. The highest BCUT2D eigenvalue weighted by Gasteiger charge is 2.11. The van der Waals surface area contributed by atoms with Crippen molar-refractivity contribution in [1.82, 2.24) is 4.90 Å². The predicted molar refractivity (Wildman–Crippen MR) is 83.1 cm³/mol. The molecule has 0 saturated carbocycles. The van der Waals surface area contributed by atoms with Crippen LogP contribution in [0.2, 0.25) is 0 Å². The highest BCUT2D eigenvalue weighted by atomic mass is 79.9. The summed E-state index contributed by atoms with van der Waals surface area (Å²) >= 11 is 5.05. The molecule has 3 nitrogen and oxygen atoms in total. The molecule has 1 aromatic heterocycles. The number of carbonyl (C=O) groups is 1. The number of likely N-dealkylation sites (N-methyl/N-ethyl adjacent to an activating group) is 1. The van der Waals surface area contributed by atoms with Gasteiger partial charge in [-0.25, -0.2) is 0 Å². The molecule has 19 heavy (non-hydrogen) atoms. The average molecular weight is 339 g/mol. The summed E-state index contributed by atoms with van der Waals surface area (Å²) in [6.45, 7) is 0.628. The molecule has 1 aromatic carbocycles. The lowest BCUT2D eigenvalue weighted by Crippen LogP contribution is -2.27. The third-order valence-electron chi connectivity index (χ3n) is 2.77. The van der Waals surface area contributed by atoms with Crippen molar-refractivity contribution in [3.05, 3.63) is 50.6 Å². The molecule has 0 aliphatic rings. The van der Waals surface area contributed by atoms with E-state index in [1.165, 1.54) is 0 Å². The molecule has 0 unspecified atom stereocenters. The Morgan fingerprint density at radius 2 is 2.16 bits per heavy atom. The number of amides is 1. The number of nitrogens with zero attached hydrogens (tertiary/aromatic N) is 1. The van der Waals surface area contributed by atoms with Crippen LogP contribution in [0.25, 0.3) is 0 Å². The van der Waals surface area contributed by atoms with E-state index in [9.17, 15) is 4.79 Å². The molecule has 0 atom stereocenters. The van der Waals surface area contributed by atoms with Gasteiger partial charge in [0.2, 0.25) is 5.91 Å². The second kappa shape index (κ2) is 6.21. The van der Waals surface area contributed by atoms with Crippen LogP contribution in [0.15, 0.2) is 39.5 Å². The fourth-order valence-electron chi connectivity index (χ4n) is 1.80. The molecule has 100 valence electrons. The molecule has 2 rings (SSSR count). The SMILES string of the molecule is CN(Cc1csc(Br)c1)C(=O)Cc1cccc(N)c1. The minimum Gasteiger partial charge on any atom is -0.399 e. The fraction of sp³-hybridized carbons (Fsp3) is 0.214. The first-order chi connectivity index (χ1) is 9.04. The number of hydrogen-bond donors (Lipinski definition) is 1. The number of thiophene rings is 1. The summed E-state index contributed by atoms with van der Waals surface area (Å²) in [4.78, 5) is 13.8. The summed E-state index contributed by atoms with van der Waals surface area (Å²) in [7, 11) is 1.82. The third-order valence-corrected chi connectivity index (χ3v) is 4.33. The first-order valence-electron chi connectivity index (χ1n) is 5.86. The number of benzene rings is 1. The largest absolute Gasteiger partial charge is 0.399 e. The molecule has 0 bridgehead atoms. The van der Waals surface area contributed by atoms with Crippen molar-refractivity contribution in [3.8, 4) is 0 Å². The number of nitrogens with two attached hydrogens (primary N) is 1. The Labute approximate surface area is 125 Å². The third kappa shape index (κ3) is 4.08. The van der Waals surface area contributed by atoms with Crippen LogP contribution in [0.4, 0.5) is 5.69 Å². The molecule has 1 amide bonds. The second-order valence-corrected chi connectivity index (χ2v) is 6.72. The lowest BCUT2D eigenvalue weighted by atomic mass is 10.1. The maximum Gasteiger partial charge on any atom is 0.227 e. The van der Waals surface area contributed by atoms with Crippen LogP contribution in [0, 0.1) is 0 Å². The number of hydrogen-bond acceptors (Lipinski definition) is 3. The molecule has 2 N–H and O–H groups in total. The van der Waals surface area contributed by atoms with E-state index < -0.39 is 0 Å². The lowest BCUT2D eigenvalue weighted by molar-refractivity contribution is -0.129.